The van der Waals surface area contributed by atoms with Gasteiger partial charge in [-0.05, 0) is 26.0 Å². The third-order valence-corrected chi connectivity index (χ3v) is 1.77. The summed E-state index contributed by atoms with van der Waals surface area (Å²) in [6.45, 7) is 3.76. The van der Waals surface area contributed by atoms with Gasteiger partial charge in [-0.3, -0.25) is 0 Å². The lowest BCUT2D eigenvalue weighted by molar-refractivity contribution is 0.240. The molecule has 1 N–H and O–H groups in total. The SMILES string of the molecule is CC(C)Oc1cc(F)ccc1C#CCCO. The molecule has 0 aromatic heterocycles. The van der Waals surface area contributed by atoms with E-state index in [1.54, 1.807) is 6.07 Å². The first-order valence-corrected chi connectivity index (χ1v) is 5.19. The summed E-state index contributed by atoms with van der Waals surface area (Å²) in [7, 11) is 0. The van der Waals surface area contributed by atoms with E-state index in [4.69, 9.17) is 9.84 Å². The Morgan fingerprint density at radius 1 is 1.44 bits per heavy atom. The van der Waals surface area contributed by atoms with Gasteiger partial charge in [0, 0.05) is 12.5 Å². The fourth-order valence-corrected chi connectivity index (χ4v) is 1.16. The maximum Gasteiger partial charge on any atom is 0.138 e. The van der Waals surface area contributed by atoms with Crippen molar-refractivity contribution in [3.05, 3.63) is 29.6 Å². The Bertz CT molecular complexity index is 402. The van der Waals surface area contributed by atoms with Crippen molar-refractivity contribution in [1.82, 2.24) is 0 Å². The number of hydrogen-bond acceptors (Lipinski definition) is 2. The molecule has 0 aliphatic rings. The second kappa shape index (κ2) is 6.14. The van der Waals surface area contributed by atoms with Gasteiger partial charge >= 0.3 is 0 Å². The van der Waals surface area contributed by atoms with Crippen LogP contribution in [-0.4, -0.2) is 17.8 Å². The fraction of sp³-hybridized carbons (Fsp3) is 0.385. The number of halogens is 1. The Balaban J connectivity index is 2.94. The van der Waals surface area contributed by atoms with Gasteiger partial charge in [0.05, 0.1) is 18.3 Å². The topological polar surface area (TPSA) is 29.5 Å². The largest absolute Gasteiger partial charge is 0.490 e. The molecule has 0 spiro atoms. The molecule has 0 radical (unpaired) electrons. The van der Waals surface area contributed by atoms with Crippen molar-refractivity contribution in [1.29, 1.82) is 0 Å². The van der Waals surface area contributed by atoms with E-state index in [-0.39, 0.29) is 18.5 Å². The number of hydrogen-bond donors (Lipinski definition) is 1. The first kappa shape index (κ1) is 12.5. The van der Waals surface area contributed by atoms with Crippen molar-refractivity contribution in [2.45, 2.75) is 26.4 Å². The van der Waals surface area contributed by atoms with Gasteiger partial charge in [0.2, 0.25) is 0 Å². The minimum Gasteiger partial charge on any atom is -0.490 e. The van der Waals surface area contributed by atoms with Gasteiger partial charge in [-0.1, -0.05) is 11.8 Å². The van der Waals surface area contributed by atoms with E-state index in [1.807, 2.05) is 13.8 Å². The number of rotatable bonds is 3. The zero-order chi connectivity index (χ0) is 12.0. The van der Waals surface area contributed by atoms with E-state index in [2.05, 4.69) is 11.8 Å². The first-order chi connectivity index (χ1) is 7.63. The minimum absolute atomic E-state index is 0.0224. The van der Waals surface area contributed by atoms with Crippen LogP contribution < -0.4 is 4.74 Å². The Labute approximate surface area is 95.1 Å². The molecule has 0 aliphatic carbocycles. The van der Waals surface area contributed by atoms with Crippen molar-refractivity contribution < 1.29 is 14.2 Å². The van der Waals surface area contributed by atoms with Gasteiger partial charge in [-0.15, -0.1) is 0 Å². The van der Waals surface area contributed by atoms with Gasteiger partial charge in [-0.25, -0.2) is 4.39 Å². The number of aliphatic hydroxyl groups is 1. The normalized spacial score (nSPS) is 9.81. The molecule has 86 valence electrons. The maximum absolute atomic E-state index is 13.0. The van der Waals surface area contributed by atoms with E-state index < -0.39 is 0 Å². The smallest absolute Gasteiger partial charge is 0.138 e. The van der Waals surface area contributed by atoms with E-state index in [0.717, 1.165) is 0 Å². The lowest BCUT2D eigenvalue weighted by atomic mass is 10.2. The van der Waals surface area contributed by atoms with Gasteiger partial charge in [-0.2, -0.15) is 0 Å². The first-order valence-electron chi connectivity index (χ1n) is 5.19. The summed E-state index contributed by atoms with van der Waals surface area (Å²) in [4.78, 5) is 0. The van der Waals surface area contributed by atoms with Crippen molar-refractivity contribution in [3.63, 3.8) is 0 Å². The van der Waals surface area contributed by atoms with Crippen molar-refractivity contribution in [3.8, 4) is 17.6 Å². The van der Waals surface area contributed by atoms with Crippen LogP contribution in [0.25, 0.3) is 0 Å². The summed E-state index contributed by atoms with van der Waals surface area (Å²) in [5.41, 5.74) is 0.642. The molecule has 16 heavy (non-hydrogen) atoms. The van der Waals surface area contributed by atoms with Crippen LogP contribution in [0.5, 0.6) is 5.75 Å². The Hall–Kier alpha value is -1.53. The standard InChI is InChI=1S/C13H15FO2/c1-10(2)16-13-9-12(14)7-6-11(13)5-3-4-8-15/h6-7,9-10,15H,4,8H2,1-2H3. The molecule has 0 atom stereocenters. The van der Waals surface area contributed by atoms with Crippen LogP contribution in [0.15, 0.2) is 18.2 Å². The van der Waals surface area contributed by atoms with E-state index in [9.17, 15) is 4.39 Å². The summed E-state index contributed by atoms with van der Waals surface area (Å²) >= 11 is 0. The van der Waals surface area contributed by atoms with Gasteiger partial charge in [0.25, 0.3) is 0 Å². The average molecular weight is 222 g/mol. The highest BCUT2D eigenvalue weighted by atomic mass is 19.1. The molecule has 1 aromatic rings. The van der Waals surface area contributed by atoms with Crippen LogP contribution in [0.3, 0.4) is 0 Å². The molecular formula is C13H15FO2. The predicted molar refractivity (Wildman–Crippen MR) is 60.7 cm³/mol. The van der Waals surface area contributed by atoms with Crippen molar-refractivity contribution >= 4 is 0 Å². The summed E-state index contributed by atoms with van der Waals surface area (Å²) < 4.78 is 18.5. The zero-order valence-corrected chi connectivity index (χ0v) is 9.46. The van der Waals surface area contributed by atoms with Crippen LogP contribution in [0.1, 0.15) is 25.8 Å². The van der Waals surface area contributed by atoms with Crippen molar-refractivity contribution in [2.75, 3.05) is 6.61 Å². The summed E-state index contributed by atoms with van der Waals surface area (Å²) in [5, 5.41) is 8.61. The Kier molecular flexibility index (Phi) is 4.81. The zero-order valence-electron chi connectivity index (χ0n) is 9.46. The Morgan fingerprint density at radius 2 is 2.19 bits per heavy atom. The van der Waals surface area contributed by atoms with Crippen LogP contribution in [0.2, 0.25) is 0 Å². The summed E-state index contributed by atoms with van der Waals surface area (Å²) in [6, 6.07) is 4.25. The molecule has 0 amide bonds. The second-order valence-corrected chi connectivity index (χ2v) is 3.58. The highest BCUT2D eigenvalue weighted by Gasteiger charge is 2.05. The van der Waals surface area contributed by atoms with Crippen molar-refractivity contribution in [2.24, 2.45) is 0 Å². The molecule has 1 rings (SSSR count). The third-order valence-electron chi connectivity index (χ3n) is 1.77. The Morgan fingerprint density at radius 3 is 2.81 bits per heavy atom. The van der Waals surface area contributed by atoms with Crippen LogP contribution in [-0.2, 0) is 0 Å². The molecule has 0 saturated heterocycles. The molecular weight excluding hydrogens is 207 g/mol. The molecule has 0 bridgehead atoms. The lowest BCUT2D eigenvalue weighted by Crippen LogP contribution is -2.07. The number of ether oxygens (including phenoxy) is 1. The molecule has 3 heteroatoms. The lowest BCUT2D eigenvalue weighted by Gasteiger charge is -2.11. The number of aliphatic hydroxyl groups excluding tert-OH is 1. The molecule has 0 aliphatic heterocycles. The minimum atomic E-state index is -0.344. The predicted octanol–water partition coefficient (Wildman–Crippen LogP) is 2.35. The third kappa shape index (κ3) is 3.92. The fourth-order valence-electron chi connectivity index (χ4n) is 1.16. The molecule has 0 saturated carbocycles. The number of benzene rings is 1. The summed E-state index contributed by atoms with van der Waals surface area (Å²) in [6.07, 6.45) is 0.374. The van der Waals surface area contributed by atoms with E-state index >= 15 is 0 Å². The molecule has 0 heterocycles. The van der Waals surface area contributed by atoms with E-state index in [0.29, 0.717) is 17.7 Å². The van der Waals surface area contributed by atoms with Crippen LogP contribution in [0.4, 0.5) is 4.39 Å². The highest BCUT2D eigenvalue weighted by Crippen LogP contribution is 2.20. The average Bonchev–Trinajstić information content (AvgIpc) is 2.20. The molecule has 2 nitrogen and oxygen atoms in total. The molecule has 0 unspecified atom stereocenters. The van der Waals surface area contributed by atoms with Crippen LogP contribution >= 0.6 is 0 Å². The maximum atomic E-state index is 13.0. The van der Waals surface area contributed by atoms with E-state index in [1.165, 1.54) is 12.1 Å². The van der Waals surface area contributed by atoms with Gasteiger partial charge < -0.3 is 9.84 Å². The van der Waals surface area contributed by atoms with Gasteiger partial charge in [0.1, 0.15) is 11.6 Å². The highest BCUT2D eigenvalue weighted by molar-refractivity contribution is 5.46. The molecule has 1 aromatic carbocycles. The quantitative estimate of drug-likeness (QED) is 0.795. The summed E-state index contributed by atoms with van der Waals surface area (Å²) in [5.74, 6) is 5.73. The van der Waals surface area contributed by atoms with Crippen LogP contribution in [0, 0.1) is 17.7 Å². The second-order valence-electron chi connectivity index (χ2n) is 3.58. The monoisotopic (exact) mass is 222 g/mol. The molecule has 0 fully saturated rings. The van der Waals surface area contributed by atoms with Gasteiger partial charge in [0.15, 0.2) is 0 Å².